The van der Waals surface area contributed by atoms with Gasteiger partial charge in [-0.3, -0.25) is 9.78 Å². The molecule has 98 valence electrons. The first-order chi connectivity index (χ1) is 8.35. The highest BCUT2D eigenvalue weighted by Gasteiger charge is 2.46. The van der Waals surface area contributed by atoms with Crippen molar-refractivity contribution in [3.05, 3.63) is 23.8 Å². The van der Waals surface area contributed by atoms with Crippen molar-refractivity contribution in [3.8, 4) is 0 Å². The smallest absolute Gasteiger partial charge is 0.240 e. The van der Waals surface area contributed by atoms with Gasteiger partial charge >= 0.3 is 0 Å². The van der Waals surface area contributed by atoms with Crippen LogP contribution in [0.5, 0.6) is 0 Å². The first kappa shape index (κ1) is 13.0. The number of fused-ring (bicyclic) bond motifs is 1. The zero-order valence-electron chi connectivity index (χ0n) is 9.38. The minimum Gasteiger partial charge on any atom is -0.291 e. The molecule has 1 aliphatic rings. The lowest BCUT2D eigenvalue weighted by molar-refractivity contribution is 0.0975. The van der Waals surface area contributed by atoms with E-state index in [1.165, 1.54) is 19.3 Å². The van der Waals surface area contributed by atoms with E-state index in [1.807, 2.05) is 0 Å². The SMILES string of the molecule is CC1C(=O)c2nccnc2C(CC(F)F)S1(=O)=O. The summed E-state index contributed by atoms with van der Waals surface area (Å²) in [6.45, 7) is 1.19. The van der Waals surface area contributed by atoms with Crippen LogP contribution < -0.4 is 0 Å². The number of rotatable bonds is 2. The molecule has 5 nitrogen and oxygen atoms in total. The second kappa shape index (κ2) is 4.34. The summed E-state index contributed by atoms with van der Waals surface area (Å²) in [4.78, 5) is 19.3. The molecular formula is C10H10F2N2O3S. The van der Waals surface area contributed by atoms with E-state index in [2.05, 4.69) is 9.97 Å². The topological polar surface area (TPSA) is 77.0 Å². The molecule has 0 spiro atoms. The molecule has 0 aromatic carbocycles. The molecule has 0 aliphatic carbocycles. The Labute approximate surface area is 102 Å². The monoisotopic (exact) mass is 276 g/mol. The van der Waals surface area contributed by atoms with Crippen LogP contribution >= 0.6 is 0 Å². The van der Waals surface area contributed by atoms with Gasteiger partial charge in [-0.15, -0.1) is 0 Å². The highest BCUT2D eigenvalue weighted by molar-refractivity contribution is 7.93. The molecule has 2 rings (SSSR count). The van der Waals surface area contributed by atoms with Crippen LogP contribution in [0.25, 0.3) is 0 Å². The van der Waals surface area contributed by atoms with Gasteiger partial charge in [-0.05, 0) is 6.92 Å². The van der Waals surface area contributed by atoms with Crippen molar-refractivity contribution >= 4 is 15.6 Å². The number of nitrogens with zero attached hydrogens (tertiary/aromatic N) is 2. The van der Waals surface area contributed by atoms with Crippen molar-refractivity contribution in [1.29, 1.82) is 0 Å². The standard InChI is InChI=1S/C10H10F2N2O3S/c1-5-10(15)9-8(13-2-3-14-9)6(4-7(11)12)18(5,16)17/h2-3,5-7H,4H2,1H3. The van der Waals surface area contributed by atoms with Crippen LogP contribution in [0.3, 0.4) is 0 Å². The Kier molecular flexibility index (Phi) is 3.14. The van der Waals surface area contributed by atoms with Crippen LogP contribution in [0.1, 0.15) is 34.8 Å². The molecule has 8 heteroatoms. The summed E-state index contributed by atoms with van der Waals surface area (Å²) in [6.07, 6.45) is -1.23. The number of Topliss-reactive ketones (excluding diaryl/α,β-unsaturated/α-hetero) is 1. The quantitative estimate of drug-likeness (QED) is 0.810. The molecule has 1 aromatic rings. The third-order valence-electron chi connectivity index (χ3n) is 2.92. The molecule has 0 amide bonds. The summed E-state index contributed by atoms with van der Waals surface area (Å²) in [5.74, 6) is -0.691. The highest BCUT2D eigenvalue weighted by atomic mass is 32.2. The van der Waals surface area contributed by atoms with E-state index in [1.54, 1.807) is 0 Å². The molecule has 1 aromatic heterocycles. The van der Waals surface area contributed by atoms with Crippen molar-refractivity contribution < 1.29 is 22.0 Å². The summed E-state index contributed by atoms with van der Waals surface area (Å²) in [6, 6.07) is 0. The van der Waals surface area contributed by atoms with Crippen LogP contribution in [-0.2, 0) is 9.84 Å². The summed E-state index contributed by atoms with van der Waals surface area (Å²) >= 11 is 0. The zero-order chi connectivity index (χ0) is 13.5. The largest absolute Gasteiger partial charge is 0.291 e. The predicted octanol–water partition coefficient (Wildman–Crippen LogP) is 1.17. The van der Waals surface area contributed by atoms with E-state index in [9.17, 15) is 22.0 Å². The number of hydrogen-bond acceptors (Lipinski definition) is 5. The molecular weight excluding hydrogens is 266 g/mol. The van der Waals surface area contributed by atoms with Gasteiger partial charge in [0.15, 0.2) is 9.84 Å². The number of sulfone groups is 1. The van der Waals surface area contributed by atoms with Gasteiger partial charge in [0.05, 0.1) is 5.69 Å². The van der Waals surface area contributed by atoms with E-state index in [4.69, 9.17) is 0 Å². The Hall–Kier alpha value is -1.44. The summed E-state index contributed by atoms with van der Waals surface area (Å²) < 4.78 is 49.0. The third kappa shape index (κ3) is 1.90. The summed E-state index contributed by atoms with van der Waals surface area (Å²) in [5.41, 5.74) is -0.286. The average molecular weight is 276 g/mol. The molecule has 0 radical (unpaired) electrons. The fourth-order valence-corrected chi connectivity index (χ4v) is 3.73. The number of hydrogen-bond donors (Lipinski definition) is 0. The Bertz CT molecular complexity index is 589. The third-order valence-corrected chi connectivity index (χ3v) is 5.32. The Balaban J connectivity index is 2.62. The predicted molar refractivity (Wildman–Crippen MR) is 58.1 cm³/mol. The van der Waals surface area contributed by atoms with Gasteiger partial charge in [0, 0.05) is 18.8 Å². The minimum absolute atomic E-state index is 0.120. The molecule has 0 bridgehead atoms. The normalized spacial score (nSPS) is 26.1. The molecule has 1 aliphatic heterocycles. The van der Waals surface area contributed by atoms with Crippen molar-refractivity contribution in [2.75, 3.05) is 0 Å². The maximum Gasteiger partial charge on any atom is 0.240 e. The second-order valence-electron chi connectivity index (χ2n) is 4.00. The van der Waals surface area contributed by atoms with Gasteiger partial charge in [-0.2, -0.15) is 0 Å². The zero-order valence-corrected chi connectivity index (χ0v) is 10.2. The molecule has 18 heavy (non-hydrogen) atoms. The lowest BCUT2D eigenvalue weighted by atomic mass is 10.1. The average Bonchev–Trinajstić information content (AvgIpc) is 2.32. The maximum atomic E-state index is 12.5. The fourth-order valence-electron chi connectivity index (χ4n) is 1.93. The van der Waals surface area contributed by atoms with Crippen molar-refractivity contribution in [2.24, 2.45) is 0 Å². The van der Waals surface area contributed by atoms with Gasteiger partial charge < -0.3 is 0 Å². The number of carbonyl (C=O) groups excluding carboxylic acids is 1. The van der Waals surface area contributed by atoms with Crippen LogP contribution in [0, 0.1) is 0 Å². The van der Waals surface area contributed by atoms with Crippen LogP contribution in [0.2, 0.25) is 0 Å². The second-order valence-corrected chi connectivity index (χ2v) is 6.46. The van der Waals surface area contributed by atoms with Crippen molar-refractivity contribution in [1.82, 2.24) is 9.97 Å². The van der Waals surface area contributed by atoms with Crippen molar-refractivity contribution in [3.63, 3.8) is 0 Å². The minimum atomic E-state index is -3.99. The Morgan fingerprint density at radius 1 is 1.33 bits per heavy atom. The summed E-state index contributed by atoms with van der Waals surface area (Å²) in [5, 5.41) is -2.82. The first-order valence-corrected chi connectivity index (χ1v) is 6.82. The van der Waals surface area contributed by atoms with Gasteiger partial charge in [0.2, 0.25) is 12.2 Å². The molecule has 2 heterocycles. The van der Waals surface area contributed by atoms with Gasteiger partial charge in [-0.1, -0.05) is 0 Å². The number of alkyl halides is 2. The van der Waals surface area contributed by atoms with E-state index in [0.717, 1.165) is 0 Å². The molecule has 2 unspecified atom stereocenters. The first-order valence-electron chi connectivity index (χ1n) is 5.21. The van der Waals surface area contributed by atoms with Crippen LogP contribution in [-0.4, -0.2) is 35.8 Å². The number of carbonyl (C=O) groups is 1. The van der Waals surface area contributed by atoms with E-state index < -0.39 is 39.0 Å². The fraction of sp³-hybridized carbons (Fsp3) is 0.500. The number of halogens is 2. The highest BCUT2D eigenvalue weighted by Crippen LogP contribution is 2.37. The van der Waals surface area contributed by atoms with E-state index in [-0.39, 0.29) is 11.4 Å². The number of ketones is 1. The summed E-state index contributed by atoms with van der Waals surface area (Å²) in [7, 11) is -3.99. The van der Waals surface area contributed by atoms with Crippen LogP contribution in [0.4, 0.5) is 8.78 Å². The number of aromatic nitrogens is 2. The lowest BCUT2D eigenvalue weighted by Crippen LogP contribution is -2.39. The van der Waals surface area contributed by atoms with Crippen molar-refractivity contribution in [2.45, 2.75) is 30.3 Å². The lowest BCUT2D eigenvalue weighted by Gasteiger charge is -2.26. The van der Waals surface area contributed by atoms with Crippen LogP contribution in [0.15, 0.2) is 12.4 Å². The maximum absolute atomic E-state index is 12.5. The van der Waals surface area contributed by atoms with Gasteiger partial charge in [0.1, 0.15) is 16.2 Å². The molecule has 0 saturated carbocycles. The molecule has 0 saturated heterocycles. The Morgan fingerprint density at radius 3 is 2.56 bits per heavy atom. The molecule has 2 atom stereocenters. The van der Waals surface area contributed by atoms with E-state index >= 15 is 0 Å². The van der Waals surface area contributed by atoms with E-state index in [0.29, 0.717) is 0 Å². The molecule has 0 N–H and O–H groups in total. The van der Waals surface area contributed by atoms with Gasteiger partial charge in [0.25, 0.3) is 0 Å². The van der Waals surface area contributed by atoms with Gasteiger partial charge in [-0.25, -0.2) is 22.2 Å². The molecule has 0 fully saturated rings. The Morgan fingerprint density at radius 2 is 1.94 bits per heavy atom.